The van der Waals surface area contributed by atoms with E-state index in [9.17, 15) is 4.79 Å². The van der Waals surface area contributed by atoms with E-state index in [2.05, 4.69) is 24.3 Å². The number of nitrogens with one attached hydrogen (secondary N) is 1. The Morgan fingerprint density at radius 2 is 2.18 bits per heavy atom. The van der Waals surface area contributed by atoms with Crippen LogP contribution in [0.2, 0.25) is 0 Å². The molecule has 1 atom stereocenters. The Kier molecular flexibility index (Phi) is 5.15. The van der Waals surface area contributed by atoms with Crippen molar-refractivity contribution in [2.24, 2.45) is 5.73 Å². The monoisotopic (exact) mass is 238 g/mol. The van der Waals surface area contributed by atoms with Gasteiger partial charge < -0.3 is 11.1 Å². The highest BCUT2D eigenvalue weighted by Gasteiger charge is 2.10. The van der Waals surface area contributed by atoms with E-state index in [-0.39, 0.29) is 11.9 Å². The molecule has 0 aliphatic heterocycles. The minimum atomic E-state index is -0.343. The van der Waals surface area contributed by atoms with Crippen molar-refractivity contribution in [2.75, 3.05) is 0 Å². The van der Waals surface area contributed by atoms with Crippen LogP contribution >= 0.6 is 0 Å². The molecule has 1 rings (SSSR count). The van der Waals surface area contributed by atoms with Crippen LogP contribution < -0.4 is 11.1 Å². The van der Waals surface area contributed by atoms with Crippen molar-refractivity contribution in [1.29, 1.82) is 0 Å². The zero-order valence-electron chi connectivity index (χ0n) is 10.8. The Balaban J connectivity index is 2.54. The molecule has 0 aliphatic carbocycles. The van der Waals surface area contributed by atoms with E-state index in [4.69, 9.17) is 5.73 Å². The van der Waals surface area contributed by atoms with Crippen molar-refractivity contribution >= 4 is 5.91 Å². The molecule has 96 valence electrons. The minimum Gasteiger partial charge on any atom is -0.368 e. The van der Waals surface area contributed by atoms with Gasteiger partial charge in [0.15, 0.2) is 0 Å². The van der Waals surface area contributed by atoms with Crippen molar-refractivity contribution < 1.29 is 4.79 Å². The van der Waals surface area contributed by atoms with Crippen molar-refractivity contribution in [1.82, 2.24) is 15.1 Å². The molecule has 1 heterocycles. The summed E-state index contributed by atoms with van der Waals surface area (Å²) < 4.78 is 1.99. The third-order valence-corrected chi connectivity index (χ3v) is 3.00. The lowest BCUT2D eigenvalue weighted by molar-refractivity contribution is -0.119. The first-order chi connectivity index (χ1) is 8.08. The van der Waals surface area contributed by atoms with Gasteiger partial charge in [-0.2, -0.15) is 5.10 Å². The lowest BCUT2D eigenvalue weighted by Gasteiger charge is -2.12. The molecule has 0 aromatic carbocycles. The van der Waals surface area contributed by atoms with Crippen LogP contribution in [-0.4, -0.2) is 21.7 Å². The Morgan fingerprint density at radius 3 is 2.71 bits per heavy atom. The number of nitrogens with zero attached hydrogens (tertiary/aromatic N) is 2. The highest BCUT2D eigenvalue weighted by atomic mass is 16.1. The Bertz CT molecular complexity index is 357. The lowest BCUT2D eigenvalue weighted by atomic mass is 10.2. The van der Waals surface area contributed by atoms with Crippen LogP contribution in [0.25, 0.3) is 0 Å². The maximum absolute atomic E-state index is 10.9. The molecule has 1 unspecified atom stereocenters. The number of nitrogens with two attached hydrogens (primary N) is 1. The SMILES string of the molecule is CCC(CC)n1ccc(CNC(C)C(N)=O)n1. The molecule has 1 aromatic rings. The predicted molar refractivity (Wildman–Crippen MR) is 67.3 cm³/mol. The van der Waals surface area contributed by atoms with Crippen LogP contribution in [0.15, 0.2) is 12.3 Å². The zero-order chi connectivity index (χ0) is 12.8. The van der Waals surface area contributed by atoms with Crippen molar-refractivity contribution in [3.63, 3.8) is 0 Å². The largest absolute Gasteiger partial charge is 0.368 e. The van der Waals surface area contributed by atoms with E-state index >= 15 is 0 Å². The predicted octanol–water partition coefficient (Wildman–Crippen LogP) is 1.21. The fraction of sp³-hybridized carbons (Fsp3) is 0.667. The van der Waals surface area contributed by atoms with Crippen molar-refractivity contribution in [2.45, 2.75) is 52.2 Å². The first kappa shape index (κ1) is 13.7. The molecule has 1 aromatic heterocycles. The second kappa shape index (κ2) is 6.39. The number of aromatic nitrogens is 2. The minimum absolute atomic E-state index is 0.326. The van der Waals surface area contributed by atoms with Gasteiger partial charge >= 0.3 is 0 Å². The number of carbonyl (C=O) groups excluding carboxylic acids is 1. The standard InChI is InChI=1S/C12H22N4O/c1-4-11(5-2)16-7-6-10(15-16)8-14-9(3)12(13)17/h6-7,9,11,14H,4-5,8H2,1-3H3,(H2,13,17). The second-order valence-corrected chi connectivity index (χ2v) is 4.26. The summed E-state index contributed by atoms with van der Waals surface area (Å²) in [6.45, 7) is 6.63. The first-order valence-corrected chi connectivity index (χ1v) is 6.15. The molecule has 5 nitrogen and oxygen atoms in total. The van der Waals surface area contributed by atoms with Gasteiger partial charge in [-0.05, 0) is 25.8 Å². The summed E-state index contributed by atoms with van der Waals surface area (Å²) in [6, 6.07) is 2.10. The topological polar surface area (TPSA) is 72.9 Å². The van der Waals surface area contributed by atoms with Gasteiger partial charge in [-0.1, -0.05) is 13.8 Å². The van der Waals surface area contributed by atoms with Crippen molar-refractivity contribution in [3.8, 4) is 0 Å². The molecule has 3 N–H and O–H groups in total. The number of amides is 1. The molecule has 0 spiro atoms. The normalized spacial score (nSPS) is 12.9. The lowest BCUT2D eigenvalue weighted by Crippen LogP contribution is -2.38. The molecule has 17 heavy (non-hydrogen) atoms. The smallest absolute Gasteiger partial charge is 0.234 e. The van der Waals surface area contributed by atoms with Crippen LogP contribution in [0.4, 0.5) is 0 Å². The Morgan fingerprint density at radius 1 is 1.53 bits per heavy atom. The maximum atomic E-state index is 10.9. The van der Waals surface area contributed by atoms with Gasteiger partial charge in [0.25, 0.3) is 0 Å². The van der Waals surface area contributed by atoms with Gasteiger partial charge in [0.05, 0.1) is 17.8 Å². The molecule has 0 fully saturated rings. The first-order valence-electron chi connectivity index (χ1n) is 6.15. The number of primary amides is 1. The fourth-order valence-corrected chi connectivity index (χ4v) is 1.70. The van der Waals surface area contributed by atoms with Gasteiger partial charge in [0, 0.05) is 12.7 Å². The van der Waals surface area contributed by atoms with E-state index in [1.807, 2.05) is 16.9 Å². The van der Waals surface area contributed by atoms with Gasteiger partial charge in [0.1, 0.15) is 0 Å². The molecule has 1 amide bonds. The second-order valence-electron chi connectivity index (χ2n) is 4.26. The molecule has 0 aliphatic rings. The maximum Gasteiger partial charge on any atom is 0.234 e. The summed E-state index contributed by atoms with van der Waals surface area (Å²) in [4.78, 5) is 10.9. The molecule has 5 heteroatoms. The average molecular weight is 238 g/mol. The summed E-state index contributed by atoms with van der Waals surface area (Å²) in [5.41, 5.74) is 6.10. The van der Waals surface area contributed by atoms with E-state index in [0.29, 0.717) is 12.6 Å². The zero-order valence-corrected chi connectivity index (χ0v) is 10.8. The van der Waals surface area contributed by atoms with Crippen molar-refractivity contribution in [3.05, 3.63) is 18.0 Å². The van der Waals surface area contributed by atoms with E-state index in [0.717, 1.165) is 18.5 Å². The summed E-state index contributed by atoms with van der Waals surface area (Å²) >= 11 is 0. The van der Waals surface area contributed by atoms with Gasteiger partial charge in [-0.25, -0.2) is 0 Å². The summed E-state index contributed by atoms with van der Waals surface area (Å²) in [5.74, 6) is -0.343. The van der Waals surface area contributed by atoms with Crippen LogP contribution in [-0.2, 0) is 11.3 Å². The van der Waals surface area contributed by atoms with Gasteiger partial charge in [0.2, 0.25) is 5.91 Å². The third-order valence-electron chi connectivity index (χ3n) is 3.00. The number of rotatable bonds is 7. The molecule has 0 saturated heterocycles. The fourth-order valence-electron chi connectivity index (χ4n) is 1.70. The molecule has 0 bridgehead atoms. The molecular weight excluding hydrogens is 216 g/mol. The van der Waals surface area contributed by atoms with E-state index in [1.54, 1.807) is 6.92 Å². The average Bonchev–Trinajstić information content (AvgIpc) is 2.76. The molecular formula is C12H22N4O. The summed E-state index contributed by atoms with van der Waals surface area (Å²) in [7, 11) is 0. The quantitative estimate of drug-likeness (QED) is 0.750. The third kappa shape index (κ3) is 3.85. The number of hydrogen-bond acceptors (Lipinski definition) is 3. The summed E-state index contributed by atoms with van der Waals surface area (Å²) in [5, 5.41) is 7.52. The van der Waals surface area contributed by atoms with Crippen LogP contribution in [0.3, 0.4) is 0 Å². The van der Waals surface area contributed by atoms with Crippen LogP contribution in [0.5, 0.6) is 0 Å². The molecule has 0 saturated carbocycles. The van der Waals surface area contributed by atoms with Gasteiger partial charge in [-0.15, -0.1) is 0 Å². The van der Waals surface area contributed by atoms with Gasteiger partial charge in [-0.3, -0.25) is 9.48 Å². The number of carbonyl (C=O) groups is 1. The highest BCUT2D eigenvalue weighted by molar-refractivity contribution is 5.79. The molecule has 0 radical (unpaired) electrons. The summed E-state index contributed by atoms with van der Waals surface area (Å²) in [6.07, 6.45) is 4.13. The van der Waals surface area contributed by atoms with E-state index < -0.39 is 0 Å². The Hall–Kier alpha value is -1.36. The Labute approximate surface area is 102 Å². The van der Waals surface area contributed by atoms with E-state index in [1.165, 1.54) is 0 Å². The van der Waals surface area contributed by atoms with Crippen LogP contribution in [0, 0.1) is 0 Å². The number of hydrogen-bond donors (Lipinski definition) is 2. The van der Waals surface area contributed by atoms with Crippen LogP contribution in [0.1, 0.15) is 45.3 Å². The highest BCUT2D eigenvalue weighted by Crippen LogP contribution is 2.14.